The molecule has 6 heteroatoms. The number of rotatable bonds is 2. The van der Waals surface area contributed by atoms with E-state index in [2.05, 4.69) is 20.6 Å². The summed E-state index contributed by atoms with van der Waals surface area (Å²) in [5, 5.41) is 4.98. The fraction of sp³-hybridized carbons (Fsp3) is 0.143. The molecular weight excluding hydrogens is 256 g/mol. The fourth-order valence-electron chi connectivity index (χ4n) is 1.27. The summed E-state index contributed by atoms with van der Waals surface area (Å²) < 4.78 is 0. The summed E-state index contributed by atoms with van der Waals surface area (Å²) >= 11 is 0. The third-order valence-electron chi connectivity index (χ3n) is 2.28. The molecule has 2 aromatic rings. The molecule has 6 nitrogen and oxygen atoms in total. The van der Waals surface area contributed by atoms with Crippen molar-refractivity contribution in [2.75, 3.05) is 14.1 Å². The van der Waals surface area contributed by atoms with Gasteiger partial charge < -0.3 is 10.6 Å². The Morgan fingerprint density at radius 1 is 0.950 bits per heavy atom. The van der Waals surface area contributed by atoms with Crippen molar-refractivity contribution in [1.29, 1.82) is 0 Å². The lowest BCUT2D eigenvalue weighted by Crippen LogP contribution is -2.18. The van der Waals surface area contributed by atoms with Gasteiger partial charge >= 0.3 is 0 Å². The second-order valence-electron chi connectivity index (χ2n) is 3.61. The van der Waals surface area contributed by atoms with Gasteiger partial charge in [0.2, 0.25) is 0 Å². The number of aromatic nitrogens is 2. The highest BCUT2D eigenvalue weighted by molar-refractivity contribution is 5.93. The summed E-state index contributed by atoms with van der Waals surface area (Å²) in [6, 6.07) is 8.65. The van der Waals surface area contributed by atoms with Gasteiger partial charge in [0.25, 0.3) is 11.8 Å². The lowest BCUT2D eigenvalue weighted by molar-refractivity contribution is 0.0952. The van der Waals surface area contributed by atoms with Crippen LogP contribution < -0.4 is 10.6 Å². The van der Waals surface area contributed by atoms with Crippen LogP contribution in [-0.4, -0.2) is 35.9 Å². The van der Waals surface area contributed by atoms with Gasteiger partial charge in [-0.05, 0) is 24.3 Å². The van der Waals surface area contributed by atoms with Crippen LogP contribution in [-0.2, 0) is 0 Å². The number of nitrogens with zero attached hydrogens (tertiary/aromatic N) is 2. The molecule has 0 unspecified atom stereocenters. The molecule has 0 saturated heterocycles. The maximum Gasteiger partial charge on any atom is 0.269 e. The molecule has 2 amide bonds. The maximum atomic E-state index is 10.9. The Morgan fingerprint density at radius 2 is 1.70 bits per heavy atom. The molecule has 0 bridgehead atoms. The highest BCUT2D eigenvalue weighted by Crippen LogP contribution is 1.93. The highest BCUT2D eigenvalue weighted by Gasteiger charge is 2.00. The first-order chi connectivity index (χ1) is 9.69. The number of hydrogen-bond donors (Lipinski definition) is 2. The standard InChI is InChI=1S/2C7H8N2O/c1-8-7(10)6-3-2-4-9-5-6;1-8-7(10)6-4-2-3-5-9-6/h2*2-5H,1H3,(H,8,10). The van der Waals surface area contributed by atoms with Crippen LogP contribution in [0.15, 0.2) is 48.9 Å². The number of amides is 2. The van der Waals surface area contributed by atoms with Gasteiger partial charge in [0, 0.05) is 32.7 Å². The summed E-state index contributed by atoms with van der Waals surface area (Å²) in [6.45, 7) is 0. The van der Waals surface area contributed by atoms with Crippen LogP contribution in [0.2, 0.25) is 0 Å². The topological polar surface area (TPSA) is 84.0 Å². The Kier molecular flexibility index (Phi) is 6.40. The van der Waals surface area contributed by atoms with E-state index in [0.717, 1.165) is 0 Å². The molecule has 0 saturated carbocycles. The summed E-state index contributed by atoms with van der Waals surface area (Å²) in [5.74, 6) is -0.256. The van der Waals surface area contributed by atoms with Crippen molar-refractivity contribution < 1.29 is 9.59 Å². The molecule has 2 N–H and O–H groups in total. The minimum atomic E-state index is -0.152. The number of hydrogen-bond acceptors (Lipinski definition) is 4. The van der Waals surface area contributed by atoms with Crippen LogP contribution in [0.25, 0.3) is 0 Å². The molecule has 0 aliphatic heterocycles. The minimum Gasteiger partial charge on any atom is -0.355 e. The molecule has 0 radical (unpaired) electrons. The van der Waals surface area contributed by atoms with Crippen molar-refractivity contribution in [2.24, 2.45) is 0 Å². The monoisotopic (exact) mass is 272 g/mol. The lowest BCUT2D eigenvalue weighted by atomic mass is 10.3. The van der Waals surface area contributed by atoms with E-state index in [-0.39, 0.29) is 11.8 Å². The van der Waals surface area contributed by atoms with E-state index in [0.29, 0.717) is 11.3 Å². The third kappa shape index (κ3) is 4.85. The molecule has 0 atom stereocenters. The molecule has 2 rings (SSSR count). The van der Waals surface area contributed by atoms with Gasteiger partial charge in [-0.3, -0.25) is 19.6 Å². The van der Waals surface area contributed by atoms with Gasteiger partial charge in [0.15, 0.2) is 0 Å². The van der Waals surface area contributed by atoms with Crippen LogP contribution in [0.5, 0.6) is 0 Å². The van der Waals surface area contributed by atoms with E-state index in [1.54, 1.807) is 56.8 Å². The van der Waals surface area contributed by atoms with Crippen molar-refractivity contribution in [1.82, 2.24) is 20.6 Å². The Hall–Kier alpha value is -2.76. The summed E-state index contributed by atoms with van der Waals surface area (Å²) in [5.41, 5.74) is 1.04. The van der Waals surface area contributed by atoms with E-state index < -0.39 is 0 Å². The second kappa shape index (κ2) is 8.36. The zero-order chi connectivity index (χ0) is 14.8. The Morgan fingerprint density at radius 3 is 2.20 bits per heavy atom. The molecule has 0 aromatic carbocycles. The van der Waals surface area contributed by atoms with Crippen LogP contribution in [0.1, 0.15) is 20.8 Å². The average molecular weight is 272 g/mol. The Bertz CT molecular complexity index is 492. The molecule has 2 aromatic heterocycles. The molecule has 104 valence electrons. The second-order valence-corrected chi connectivity index (χ2v) is 3.61. The largest absolute Gasteiger partial charge is 0.355 e. The van der Waals surface area contributed by atoms with Crippen LogP contribution in [0.3, 0.4) is 0 Å². The van der Waals surface area contributed by atoms with Crippen molar-refractivity contribution in [3.8, 4) is 0 Å². The molecule has 0 spiro atoms. The first kappa shape index (κ1) is 15.3. The zero-order valence-corrected chi connectivity index (χ0v) is 11.3. The predicted octanol–water partition coefficient (Wildman–Crippen LogP) is 0.882. The quantitative estimate of drug-likeness (QED) is 0.850. The maximum absolute atomic E-state index is 10.9. The summed E-state index contributed by atoms with van der Waals surface area (Å²) in [7, 11) is 3.17. The van der Waals surface area contributed by atoms with E-state index in [4.69, 9.17) is 0 Å². The molecule has 2 heterocycles. The SMILES string of the molecule is CNC(=O)c1ccccn1.CNC(=O)c1cccnc1. The predicted molar refractivity (Wildman–Crippen MR) is 75.3 cm³/mol. The minimum absolute atomic E-state index is 0.104. The van der Waals surface area contributed by atoms with E-state index in [9.17, 15) is 9.59 Å². The molecule has 0 fully saturated rings. The van der Waals surface area contributed by atoms with Crippen LogP contribution in [0, 0.1) is 0 Å². The Balaban J connectivity index is 0.000000200. The number of pyridine rings is 2. The van der Waals surface area contributed by atoms with Crippen molar-refractivity contribution in [3.05, 3.63) is 60.2 Å². The number of carbonyl (C=O) groups is 2. The third-order valence-corrected chi connectivity index (χ3v) is 2.28. The van der Waals surface area contributed by atoms with Gasteiger partial charge in [-0.25, -0.2) is 0 Å². The fourth-order valence-corrected chi connectivity index (χ4v) is 1.27. The molecule has 0 aliphatic rings. The van der Waals surface area contributed by atoms with E-state index in [1.165, 1.54) is 6.20 Å². The highest BCUT2D eigenvalue weighted by atomic mass is 16.2. The summed E-state index contributed by atoms with van der Waals surface area (Å²) in [6.07, 6.45) is 4.75. The number of carbonyl (C=O) groups excluding carboxylic acids is 2. The smallest absolute Gasteiger partial charge is 0.269 e. The summed E-state index contributed by atoms with van der Waals surface area (Å²) in [4.78, 5) is 29.3. The Labute approximate surface area is 117 Å². The first-order valence-electron chi connectivity index (χ1n) is 5.94. The van der Waals surface area contributed by atoms with Gasteiger partial charge in [0.1, 0.15) is 5.69 Å². The zero-order valence-electron chi connectivity index (χ0n) is 11.3. The van der Waals surface area contributed by atoms with Crippen molar-refractivity contribution in [3.63, 3.8) is 0 Å². The van der Waals surface area contributed by atoms with Crippen LogP contribution in [0.4, 0.5) is 0 Å². The van der Waals surface area contributed by atoms with Crippen molar-refractivity contribution >= 4 is 11.8 Å². The molecule has 20 heavy (non-hydrogen) atoms. The van der Waals surface area contributed by atoms with E-state index in [1.807, 2.05) is 0 Å². The van der Waals surface area contributed by atoms with Crippen molar-refractivity contribution in [2.45, 2.75) is 0 Å². The first-order valence-corrected chi connectivity index (χ1v) is 5.94. The average Bonchev–Trinajstić information content (AvgIpc) is 2.55. The van der Waals surface area contributed by atoms with Gasteiger partial charge in [-0.2, -0.15) is 0 Å². The lowest BCUT2D eigenvalue weighted by Gasteiger charge is -1.95. The van der Waals surface area contributed by atoms with Gasteiger partial charge in [-0.15, -0.1) is 0 Å². The van der Waals surface area contributed by atoms with Gasteiger partial charge in [-0.1, -0.05) is 6.07 Å². The molecular formula is C14H16N4O2. The normalized spacial score (nSPS) is 8.90. The molecule has 0 aliphatic carbocycles. The van der Waals surface area contributed by atoms with Gasteiger partial charge in [0.05, 0.1) is 5.56 Å². The van der Waals surface area contributed by atoms with Crippen LogP contribution >= 0.6 is 0 Å². The van der Waals surface area contributed by atoms with E-state index >= 15 is 0 Å². The number of nitrogens with one attached hydrogen (secondary N) is 2.